The Balaban J connectivity index is 2.20. The van der Waals surface area contributed by atoms with E-state index in [4.69, 9.17) is 33.3 Å². The van der Waals surface area contributed by atoms with Gasteiger partial charge in [-0.1, -0.05) is 45.0 Å². The Kier molecular flexibility index (Phi) is 14.5. The van der Waals surface area contributed by atoms with Crippen LogP contribution in [0.15, 0.2) is 17.3 Å². The normalized spacial score (nSPS) is 49.3. The zero-order valence-electron chi connectivity index (χ0n) is 31.8. The number of aliphatic hydroxyl groups is 5. The smallest absolute Gasteiger partial charge is 0.311 e. The van der Waals surface area contributed by atoms with Crippen LogP contribution in [0, 0.1) is 23.7 Å². The van der Waals surface area contributed by atoms with E-state index in [2.05, 4.69) is 5.16 Å². The van der Waals surface area contributed by atoms with Gasteiger partial charge in [-0.05, 0) is 54.4 Å². The highest BCUT2D eigenvalue weighted by Crippen LogP contribution is 2.40. The fourth-order valence-corrected chi connectivity index (χ4v) is 7.86. The average Bonchev–Trinajstić information content (AvgIpc) is 3.05. The Morgan fingerprint density at radius 1 is 0.900 bits per heavy atom. The molecule has 0 unspecified atom stereocenters. The Bertz CT molecular complexity index is 1180. The van der Waals surface area contributed by atoms with Gasteiger partial charge >= 0.3 is 5.97 Å². The number of ether oxygens (including phenoxy) is 6. The van der Waals surface area contributed by atoms with Gasteiger partial charge in [-0.2, -0.15) is 0 Å². The van der Waals surface area contributed by atoms with Crippen LogP contribution in [-0.2, 0) is 38.1 Å². The number of esters is 1. The lowest BCUT2D eigenvalue weighted by molar-refractivity contribution is -0.309. The summed E-state index contributed by atoms with van der Waals surface area (Å²) in [5, 5.41) is 61.7. The van der Waals surface area contributed by atoms with Gasteiger partial charge in [0.25, 0.3) is 0 Å². The van der Waals surface area contributed by atoms with E-state index in [1.54, 1.807) is 67.5 Å². The highest BCUT2D eigenvalue weighted by Gasteiger charge is 2.52. The molecule has 5 N–H and O–H groups in total. The van der Waals surface area contributed by atoms with Gasteiger partial charge in [0.1, 0.15) is 31.0 Å². The molecule has 2 fully saturated rings. The topological polar surface area (TPSA) is 195 Å². The number of carbonyl (C=O) groups is 1. The summed E-state index contributed by atoms with van der Waals surface area (Å²) >= 11 is 0. The van der Waals surface area contributed by atoms with Crippen molar-refractivity contribution in [2.75, 3.05) is 14.2 Å². The quantitative estimate of drug-likeness (QED) is 0.147. The number of carbonyl (C=O) groups excluding carboxylic acids is 1. The summed E-state index contributed by atoms with van der Waals surface area (Å²) < 4.78 is 36.8. The fourth-order valence-electron chi connectivity index (χ4n) is 7.86. The Morgan fingerprint density at radius 2 is 1.54 bits per heavy atom. The molecule has 0 aliphatic carbocycles. The van der Waals surface area contributed by atoms with Crippen molar-refractivity contribution < 1.29 is 63.6 Å². The lowest BCUT2D eigenvalue weighted by atomic mass is 9.73. The van der Waals surface area contributed by atoms with E-state index in [1.807, 2.05) is 6.92 Å². The third-order valence-electron chi connectivity index (χ3n) is 11.0. The van der Waals surface area contributed by atoms with Gasteiger partial charge < -0.3 is 58.8 Å². The zero-order chi connectivity index (χ0) is 37.9. The molecule has 2 saturated heterocycles. The van der Waals surface area contributed by atoms with E-state index in [1.165, 1.54) is 21.1 Å². The maximum atomic E-state index is 14.1. The Labute approximate surface area is 297 Å². The first kappa shape index (κ1) is 42.7. The van der Waals surface area contributed by atoms with Crippen molar-refractivity contribution >= 4 is 11.7 Å². The number of cyclic esters (lactones) is 1. The average molecular weight is 718 g/mol. The van der Waals surface area contributed by atoms with Crippen LogP contribution >= 0.6 is 0 Å². The first-order valence-corrected chi connectivity index (χ1v) is 17.8. The van der Waals surface area contributed by atoms with E-state index in [0.717, 1.165) is 0 Å². The number of rotatable bonds is 7. The summed E-state index contributed by atoms with van der Waals surface area (Å²) in [6.45, 7) is 16.8. The van der Waals surface area contributed by atoms with Gasteiger partial charge in [0.05, 0.1) is 53.4 Å². The molecule has 0 bridgehead atoms. The first-order chi connectivity index (χ1) is 23.1. The van der Waals surface area contributed by atoms with Crippen LogP contribution in [0.2, 0.25) is 0 Å². The summed E-state index contributed by atoms with van der Waals surface area (Å²) in [5.41, 5.74) is -4.28. The minimum atomic E-state index is -1.91. The van der Waals surface area contributed by atoms with Crippen LogP contribution in [0.5, 0.6) is 0 Å². The van der Waals surface area contributed by atoms with Gasteiger partial charge in [0.2, 0.25) is 0 Å². The second kappa shape index (κ2) is 17.0. The summed E-state index contributed by atoms with van der Waals surface area (Å²) in [7, 11) is 2.86. The number of hydrogen-bond donors (Lipinski definition) is 5. The van der Waals surface area contributed by atoms with Gasteiger partial charge in [0.15, 0.2) is 12.6 Å². The fraction of sp³-hybridized carbons (Fsp3) is 0.889. The monoisotopic (exact) mass is 717 g/mol. The van der Waals surface area contributed by atoms with E-state index < -0.39 is 102 Å². The largest absolute Gasteiger partial charge is 0.459 e. The van der Waals surface area contributed by atoms with Crippen molar-refractivity contribution in [2.45, 2.75) is 167 Å². The predicted octanol–water partition coefficient (Wildman–Crippen LogP) is 2.45. The minimum Gasteiger partial charge on any atom is -0.459 e. The van der Waals surface area contributed by atoms with Crippen LogP contribution in [0.3, 0.4) is 0 Å². The van der Waals surface area contributed by atoms with Crippen molar-refractivity contribution in [2.24, 2.45) is 28.8 Å². The summed E-state index contributed by atoms with van der Waals surface area (Å²) in [6, 6.07) is 0. The van der Waals surface area contributed by atoms with E-state index >= 15 is 0 Å². The molecule has 0 amide bonds. The van der Waals surface area contributed by atoms with Crippen LogP contribution in [0.25, 0.3) is 0 Å². The van der Waals surface area contributed by atoms with Crippen LogP contribution in [0.1, 0.15) is 88.5 Å². The molecule has 50 heavy (non-hydrogen) atoms. The third kappa shape index (κ3) is 9.25. The van der Waals surface area contributed by atoms with Crippen molar-refractivity contribution in [1.82, 2.24) is 0 Å². The van der Waals surface area contributed by atoms with E-state index in [9.17, 15) is 30.3 Å². The molecule has 0 aromatic heterocycles. The number of nitrogens with zero attached hydrogens (tertiary/aromatic N) is 1. The third-order valence-corrected chi connectivity index (χ3v) is 11.0. The highest BCUT2D eigenvalue weighted by atomic mass is 16.7. The Hall–Kier alpha value is -1.72. The second-order valence-electron chi connectivity index (χ2n) is 15.3. The molecule has 3 rings (SSSR count). The lowest BCUT2D eigenvalue weighted by Crippen LogP contribution is -2.60. The zero-order valence-corrected chi connectivity index (χ0v) is 31.8. The molecule has 3 aliphatic heterocycles. The lowest BCUT2D eigenvalue weighted by Gasteiger charge is -2.48. The molecule has 0 aromatic rings. The molecular formula is C36H63NO13. The number of hydrogen-bond acceptors (Lipinski definition) is 14. The summed E-state index contributed by atoms with van der Waals surface area (Å²) in [6.07, 6.45) is -6.52. The van der Waals surface area contributed by atoms with Crippen LogP contribution in [0.4, 0.5) is 0 Å². The standard InChI is InChI=1S/C36H63NO13/c1-13-25-36(10,43)29(39)20(4)27(37-45-12)18(2)16-34(8,42)31(50-33-24(38)15-14-19(3)46-33)21(5)28(22(6)32(41)48-25)49-26-17-35(9,44-11)30(40)23(7)47-26/h14-15,18-26,28-31,33,38-40,42-43H,13,16-17H2,1-12H3/b37-27+/t18-,19-,20+,21+,22-,23+,24-,25-,26+,28+,29-,30+,31-,33+,34-,35-,36-/m1/s1. The SMILES string of the molecule is CC[C@H]1OC(=O)[C@H](C)[C@@H](O[C@H]2C[C@@](C)(OC)[C@@H](O)[C@H](C)O2)[C@H](C)[C@@H](O[C@@H]2O[C@H](C)C=C[C@H]2O)[C@](C)(O)C[C@@H](C)/C(=N\OC)[C@H](C)[C@@H](O)[C@]1(C)O. The van der Waals surface area contributed by atoms with E-state index in [-0.39, 0.29) is 25.4 Å². The maximum Gasteiger partial charge on any atom is 0.311 e. The second-order valence-corrected chi connectivity index (χ2v) is 15.3. The molecule has 290 valence electrons. The van der Waals surface area contributed by atoms with Crippen molar-refractivity contribution in [3.63, 3.8) is 0 Å². The van der Waals surface area contributed by atoms with Crippen molar-refractivity contribution in [3.8, 4) is 0 Å². The van der Waals surface area contributed by atoms with Crippen LogP contribution < -0.4 is 0 Å². The van der Waals surface area contributed by atoms with Crippen molar-refractivity contribution in [3.05, 3.63) is 12.2 Å². The summed E-state index contributed by atoms with van der Waals surface area (Å²) in [5.74, 6) is -3.89. The molecule has 3 heterocycles. The van der Waals surface area contributed by atoms with E-state index in [0.29, 0.717) is 5.71 Å². The molecule has 0 radical (unpaired) electrons. The number of aliphatic hydroxyl groups excluding tert-OH is 3. The van der Waals surface area contributed by atoms with Gasteiger partial charge in [-0.25, -0.2) is 0 Å². The first-order valence-electron chi connectivity index (χ1n) is 17.8. The number of methoxy groups -OCH3 is 1. The molecule has 0 spiro atoms. The summed E-state index contributed by atoms with van der Waals surface area (Å²) in [4.78, 5) is 19.3. The molecular weight excluding hydrogens is 654 g/mol. The number of oxime groups is 1. The maximum absolute atomic E-state index is 14.1. The highest BCUT2D eigenvalue weighted by molar-refractivity contribution is 5.88. The molecule has 14 nitrogen and oxygen atoms in total. The minimum absolute atomic E-state index is 0.0191. The van der Waals surface area contributed by atoms with Gasteiger partial charge in [0, 0.05) is 31.3 Å². The van der Waals surface area contributed by atoms with Gasteiger partial charge in [-0.3, -0.25) is 4.79 Å². The molecule has 14 heteroatoms. The molecule has 17 atom stereocenters. The van der Waals surface area contributed by atoms with Crippen molar-refractivity contribution in [1.29, 1.82) is 0 Å². The van der Waals surface area contributed by atoms with Gasteiger partial charge in [-0.15, -0.1) is 0 Å². The van der Waals surface area contributed by atoms with Crippen LogP contribution in [-0.4, -0.2) is 130 Å². The predicted molar refractivity (Wildman–Crippen MR) is 183 cm³/mol. The molecule has 0 saturated carbocycles. The molecule has 0 aromatic carbocycles. The molecule has 3 aliphatic rings. The Morgan fingerprint density at radius 3 is 2.12 bits per heavy atom.